The van der Waals surface area contributed by atoms with Crippen molar-refractivity contribution in [2.75, 3.05) is 6.54 Å². The van der Waals surface area contributed by atoms with Crippen molar-refractivity contribution in [2.45, 2.75) is 27.7 Å². The van der Waals surface area contributed by atoms with Crippen LogP contribution in [0.15, 0.2) is 0 Å². The first-order valence-corrected chi connectivity index (χ1v) is 3.76. The lowest BCUT2D eigenvalue weighted by Crippen LogP contribution is -2.37. The minimum atomic E-state index is -0.667. The van der Waals surface area contributed by atoms with E-state index in [0.717, 1.165) is 0 Å². The maximum absolute atomic E-state index is 10.3. The third-order valence-electron chi connectivity index (χ3n) is 2.50. The van der Waals surface area contributed by atoms with Crippen LogP contribution in [0.3, 0.4) is 0 Å². The first kappa shape index (κ1) is 10.9. The second-order valence-corrected chi connectivity index (χ2v) is 4.11. The zero-order valence-corrected chi connectivity index (χ0v) is 7.92. The molecule has 0 fully saturated rings. The molecule has 4 nitrogen and oxygen atoms in total. The predicted octanol–water partition coefficient (Wildman–Crippen LogP) is 1.84. The SMILES string of the molecule is CC(C)(C#N)C(C)(C)C[N+](=O)[O-]. The summed E-state index contributed by atoms with van der Waals surface area (Å²) >= 11 is 0. The fraction of sp³-hybridized carbons (Fsp3) is 0.875. The Bertz CT molecular complexity index is 226. The standard InChI is InChI=1S/C8H14N2O2/c1-7(2,5-9)8(3,4)6-10(11)12/h6H2,1-4H3. The second-order valence-electron chi connectivity index (χ2n) is 4.11. The van der Waals surface area contributed by atoms with Crippen molar-refractivity contribution in [3.05, 3.63) is 10.1 Å². The van der Waals surface area contributed by atoms with Crippen molar-refractivity contribution in [3.63, 3.8) is 0 Å². The van der Waals surface area contributed by atoms with Crippen molar-refractivity contribution < 1.29 is 4.92 Å². The van der Waals surface area contributed by atoms with Gasteiger partial charge in [0.15, 0.2) is 0 Å². The summed E-state index contributed by atoms with van der Waals surface area (Å²) in [6.45, 7) is 6.73. The molecule has 0 bridgehead atoms. The van der Waals surface area contributed by atoms with E-state index in [1.54, 1.807) is 27.7 Å². The van der Waals surface area contributed by atoms with E-state index >= 15 is 0 Å². The molecule has 4 heteroatoms. The van der Waals surface area contributed by atoms with Crippen LogP contribution in [0.5, 0.6) is 0 Å². The lowest BCUT2D eigenvalue weighted by atomic mass is 9.69. The van der Waals surface area contributed by atoms with Gasteiger partial charge in [0, 0.05) is 10.3 Å². The minimum absolute atomic E-state index is 0.173. The first-order chi connectivity index (χ1) is 5.23. The van der Waals surface area contributed by atoms with Gasteiger partial charge in [-0.3, -0.25) is 10.1 Å². The van der Waals surface area contributed by atoms with Gasteiger partial charge in [-0.15, -0.1) is 0 Å². The van der Waals surface area contributed by atoms with Crippen molar-refractivity contribution in [3.8, 4) is 6.07 Å². The van der Waals surface area contributed by atoms with Crippen LogP contribution >= 0.6 is 0 Å². The molecule has 0 unspecified atom stereocenters. The first-order valence-electron chi connectivity index (χ1n) is 3.76. The molecule has 0 aromatic heterocycles. The van der Waals surface area contributed by atoms with Gasteiger partial charge in [-0.1, -0.05) is 13.8 Å². The Balaban J connectivity index is 4.63. The van der Waals surface area contributed by atoms with Gasteiger partial charge in [0.2, 0.25) is 6.54 Å². The number of nitrogens with zero attached hydrogens (tertiary/aromatic N) is 2. The van der Waals surface area contributed by atoms with Crippen LogP contribution in [-0.4, -0.2) is 11.5 Å². The molecule has 0 spiro atoms. The molecule has 0 aliphatic rings. The molecule has 12 heavy (non-hydrogen) atoms. The molecule has 0 N–H and O–H groups in total. The number of rotatable bonds is 3. The molecule has 0 saturated carbocycles. The normalized spacial score (nSPS) is 12.2. The highest BCUT2D eigenvalue weighted by Crippen LogP contribution is 2.37. The van der Waals surface area contributed by atoms with E-state index < -0.39 is 10.8 Å². The summed E-state index contributed by atoms with van der Waals surface area (Å²) in [6, 6.07) is 2.08. The van der Waals surface area contributed by atoms with Gasteiger partial charge in [0.1, 0.15) is 0 Å². The van der Waals surface area contributed by atoms with Crippen LogP contribution in [0.4, 0.5) is 0 Å². The Morgan fingerprint density at radius 1 is 1.42 bits per heavy atom. The van der Waals surface area contributed by atoms with Crippen LogP contribution < -0.4 is 0 Å². The summed E-state index contributed by atoms with van der Waals surface area (Å²) in [5, 5.41) is 19.0. The van der Waals surface area contributed by atoms with E-state index in [1.165, 1.54) is 0 Å². The average molecular weight is 170 g/mol. The van der Waals surface area contributed by atoms with Gasteiger partial charge in [0.05, 0.1) is 11.5 Å². The maximum Gasteiger partial charge on any atom is 0.210 e. The van der Waals surface area contributed by atoms with E-state index in [2.05, 4.69) is 6.07 Å². The third kappa shape index (κ3) is 2.19. The smallest absolute Gasteiger partial charge is 0.210 e. The fourth-order valence-electron chi connectivity index (χ4n) is 0.672. The van der Waals surface area contributed by atoms with Gasteiger partial charge in [0.25, 0.3) is 0 Å². The van der Waals surface area contributed by atoms with Crippen molar-refractivity contribution in [2.24, 2.45) is 10.8 Å². The second kappa shape index (κ2) is 3.10. The quantitative estimate of drug-likeness (QED) is 0.479. The molecule has 0 aliphatic carbocycles. The van der Waals surface area contributed by atoms with Gasteiger partial charge >= 0.3 is 0 Å². The molecule has 68 valence electrons. The zero-order valence-electron chi connectivity index (χ0n) is 7.92. The topological polar surface area (TPSA) is 66.9 Å². The molecule has 0 aromatic rings. The summed E-state index contributed by atoms with van der Waals surface area (Å²) in [5.74, 6) is 0. The van der Waals surface area contributed by atoms with Crippen molar-refractivity contribution in [1.29, 1.82) is 5.26 Å². The average Bonchev–Trinajstić information content (AvgIpc) is 1.84. The van der Waals surface area contributed by atoms with Crippen molar-refractivity contribution in [1.82, 2.24) is 0 Å². The summed E-state index contributed by atoms with van der Waals surface area (Å²) in [4.78, 5) is 9.90. The van der Waals surface area contributed by atoms with Crippen LogP contribution in [-0.2, 0) is 0 Å². The predicted molar refractivity (Wildman–Crippen MR) is 45.0 cm³/mol. The van der Waals surface area contributed by atoms with E-state index in [4.69, 9.17) is 5.26 Å². The minimum Gasteiger partial charge on any atom is -0.265 e. The molecule has 0 saturated heterocycles. The Labute approximate surface area is 72.3 Å². The molecule has 0 rings (SSSR count). The fourth-order valence-corrected chi connectivity index (χ4v) is 0.672. The highest BCUT2D eigenvalue weighted by molar-refractivity contribution is 5.01. The van der Waals surface area contributed by atoms with E-state index in [1.807, 2.05) is 0 Å². The van der Waals surface area contributed by atoms with Gasteiger partial charge in [-0.05, 0) is 13.8 Å². The van der Waals surface area contributed by atoms with E-state index in [0.29, 0.717) is 0 Å². The maximum atomic E-state index is 10.3. The third-order valence-corrected chi connectivity index (χ3v) is 2.50. The van der Waals surface area contributed by atoms with Crippen LogP contribution in [0, 0.1) is 32.3 Å². The number of hydrogen-bond donors (Lipinski definition) is 0. The number of nitro groups is 1. The van der Waals surface area contributed by atoms with Crippen molar-refractivity contribution >= 4 is 0 Å². The van der Waals surface area contributed by atoms with Crippen LogP contribution in [0.2, 0.25) is 0 Å². The van der Waals surface area contributed by atoms with Gasteiger partial charge < -0.3 is 0 Å². The molecule has 0 atom stereocenters. The number of nitriles is 1. The molecule has 0 radical (unpaired) electrons. The highest BCUT2D eigenvalue weighted by atomic mass is 16.6. The Hall–Kier alpha value is -1.11. The van der Waals surface area contributed by atoms with Gasteiger partial charge in [-0.25, -0.2) is 0 Å². The zero-order chi connectivity index (χ0) is 9.99. The largest absolute Gasteiger partial charge is 0.265 e. The molecule has 0 heterocycles. The Morgan fingerprint density at radius 2 is 1.83 bits per heavy atom. The number of hydrogen-bond acceptors (Lipinski definition) is 3. The van der Waals surface area contributed by atoms with E-state index in [9.17, 15) is 10.1 Å². The monoisotopic (exact) mass is 170 g/mol. The molecule has 0 aromatic carbocycles. The molecule has 0 aliphatic heterocycles. The highest BCUT2D eigenvalue weighted by Gasteiger charge is 2.41. The van der Waals surface area contributed by atoms with E-state index in [-0.39, 0.29) is 11.5 Å². The van der Waals surface area contributed by atoms with Crippen LogP contribution in [0.25, 0.3) is 0 Å². The Morgan fingerprint density at radius 3 is 2.08 bits per heavy atom. The lowest BCUT2D eigenvalue weighted by molar-refractivity contribution is -0.499. The van der Waals surface area contributed by atoms with Crippen LogP contribution in [0.1, 0.15) is 27.7 Å². The summed E-state index contributed by atoms with van der Waals surface area (Å²) in [7, 11) is 0. The van der Waals surface area contributed by atoms with Gasteiger partial charge in [-0.2, -0.15) is 5.26 Å². The summed E-state index contributed by atoms with van der Waals surface area (Å²) in [5.41, 5.74) is -1.26. The molecular weight excluding hydrogens is 156 g/mol. The molecular formula is C8H14N2O2. The lowest BCUT2D eigenvalue weighted by Gasteiger charge is -2.31. The molecule has 0 amide bonds. The summed E-state index contributed by atoms with van der Waals surface area (Å²) < 4.78 is 0. The Kier molecular flexibility index (Phi) is 2.81. The summed E-state index contributed by atoms with van der Waals surface area (Å²) in [6.07, 6.45) is 0.